The molecule has 2 rings (SSSR count). The van der Waals surface area contributed by atoms with E-state index < -0.39 is 11.9 Å². The van der Waals surface area contributed by atoms with Gasteiger partial charge in [0.2, 0.25) is 0 Å². The number of aromatic nitrogens is 1. The van der Waals surface area contributed by atoms with Crippen molar-refractivity contribution in [2.75, 3.05) is 7.11 Å². The van der Waals surface area contributed by atoms with Gasteiger partial charge in [-0.3, -0.25) is 9.59 Å². The maximum absolute atomic E-state index is 12.2. The second kappa shape index (κ2) is 4.87. The summed E-state index contributed by atoms with van der Waals surface area (Å²) in [5, 5.41) is 0. The number of hydrogen-bond acceptors (Lipinski definition) is 5. The number of rotatable bonds is 2. The third kappa shape index (κ3) is 2.03. The van der Waals surface area contributed by atoms with Crippen molar-refractivity contribution < 1.29 is 19.1 Å². The molecule has 0 fully saturated rings. The minimum Gasteiger partial charge on any atom is -0.464 e. The molecule has 1 unspecified atom stereocenters. The molecule has 1 atom stereocenters. The topological polar surface area (TPSA) is 74.6 Å². The number of carbonyl (C=O) groups is 2. The first-order chi connectivity index (χ1) is 9.01. The summed E-state index contributed by atoms with van der Waals surface area (Å²) in [6.07, 6.45) is 0.514. The van der Waals surface area contributed by atoms with Crippen LogP contribution in [0.5, 0.6) is 0 Å². The summed E-state index contributed by atoms with van der Waals surface area (Å²) in [5.41, 5.74) is 0.812. The van der Waals surface area contributed by atoms with Crippen molar-refractivity contribution in [3.05, 3.63) is 33.2 Å². The average Bonchev–Trinajstić information content (AvgIpc) is 2.41. The number of hydrogen-bond donors (Lipinski definition) is 0. The van der Waals surface area contributed by atoms with Crippen molar-refractivity contribution in [1.82, 2.24) is 4.57 Å². The zero-order valence-corrected chi connectivity index (χ0v) is 11.1. The Morgan fingerprint density at radius 1 is 1.53 bits per heavy atom. The molecule has 0 N–H and O–H groups in total. The molecule has 6 heteroatoms. The summed E-state index contributed by atoms with van der Waals surface area (Å²) < 4.78 is 10.9. The molecule has 0 saturated heterocycles. The van der Waals surface area contributed by atoms with E-state index in [2.05, 4.69) is 4.74 Å². The van der Waals surface area contributed by atoms with E-state index in [-0.39, 0.29) is 23.8 Å². The maximum atomic E-state index is 12.2. The Kier molecular flexibility index (Phi) is 3.42. The molecule has 1 aromatic heterocycles. The zero-order chi connectivity index (χ0) is 14.2. The van der Waals surface area contributed by atoms with Gasteiger partial charge in [-0.1, -0.05) is 6.92 Å². The van der Waals surface area contributed by atoms with E-state index in [1.54, 1.807) is 6.07 Å². The number of cyclic esters (lactones) is 1. The predicted molar refractivity (Wildman–Crippen MR) is 65.9 cm³/mol. The van der Waals surface area contributed by atoms with E-state index in [9.17, 15) is 14.4 Å². The fraction of sp³-hybridized carbons (Fsp3) is 0.462. The normalized spacial score (nSPS) is 17.6. The highest BCUT2D eigenvalue weighted by atomic mass is 16.5. The van der Waals surface area contributed by atoms with E-state index in [0.717, 1.165) is 0 Å². The largest absolute Gasteiger partial charge is 0.464 e. The first-order valence-corrected chi connectivity index (χ1v) is 5.99. The molecule has 19 heavy (non-hydrogen) atoms. The van der Waals surface area contributed by atoms with Crippen molar-refractivity contribution >= 4 is 11.9 Å². The molecule has 1 aliphatic heterocycles. The van der Waals surface area contributed by atoms with Crippen LogP contribution in [-0.4, -0.2) is 23.6 Å². The molecule has 2 heterocycles. The van der Waals surface area contributed by atoms with Gasteiger partial charge in [0, 0.05) is 7.05 Å². The second-order valence-electron chi connectivity index (χ2n) is 4.39. The molecule has 6 nitrogen and oxygen atoms in total. The van der Waals surface area contributed by atoms with Gasteiger partial charge in [0.05, 0.1) is 18.6 Å². The molecule has 0 radical (unpaired) electrons. The highest BCUT2D eigenvalue weighted by molar-refractivity contribution is 5.89. The van der Waals surface area contributed by atoms with Gasteiger partial charge in [0.15, 0.2) is 0 Å². The summed E-state index contributed by atoms with van der Waals surface area (Å²) in [7, 11) is 2.74. The smallest absolute Gasteiger partial charge is 0.354 e. The van der Waals surface area contributed by atoms with Crippen LogP contribution in [0.2, 0.25) is 0 Å². The summed E-state index contributed by atoms with van der Waals surface area (Å²) >= 11 is 0. The van der Waals surface area contributed by atoms with Crippen LogP contribution in [0.3, 0.4) is 0 Å². The van der Waals surface area contributed by atoms with Crippen LogP contribution in [0.1, 0.15) is 40.9 Å². The van der Waals surface area contributed by atoms with E-state index in [1.165, 1.54) is 18.7 Å². The summed E-state index contributed by atoms with van der Waals surface area (Å²) in [4.78, 5) is 35.5. The summed E-state index contributed by atoms with van der Waals surface area (Å²) in [6.45, 7) is 1.79. The third-order valence-corrected chi connectivity index (χ3v) is 3.39. The minimum absolute atomic E-state index is 0.0429. The molecule has 0 saturated carbocycles. The predicted octanol–water partition coefficient (Wildman–Crippen LogP) is 0.722. The van der Waals surface area contributed by atoms with Crippen LogP contribution in [0.15, 0.2) is 10.9 Å². The van der Waals surface area contributed by atoms with E-state index in [4.69, 9.17) is 4.74 Å². The maximum Gasteiger partial charge on any atom is 0.354 e. The van der Waals surface area contributed by atoms with Crippen molar-refractivity contribution in [2.24, 2.45) is 7.05 Å². The Hall–Kier alpha value is -2.11. The standard InChI is InChI=1S/C13H15NO5/c1-4-7-8-5-10(13(17)18-3)14(2)11(15)9(8)6-19-12(7)16/h5,7H,4,6H2,1-3H3. The monoisotopic (exact) mass is 265 g/mol. The van der Waals surface area contributed by atoms with Crippen molar-refractivity contribution in [2.45, 2.75) is 25.9 Å². The lowest BCUT2D eigenvalue weighted by atomic mass is 9.90. The quantitative estimate of drug-likeness (QED) is 0.737. The van der Waals surface area contributed by atoms with Crippen LogP contribution in [0, 0.1) is 0 Å². The van der Waals surface area contributed by atoms with Gasteiger partial charge in [-0.2, -0.15) is 0 Å². The molecule has 1 aromatic rings. The summed E-state index contributed by atoms with van der Waals surface area (Å²) in [6, 6.07) is 1.55. The fourth-order valence-corrected chi connectivity index (χ4v) is 2.28. The lowest BCUT2D eigenvalue weighted by Gasteiger charge is -2.24. The first-order valence-electron chi connectivity index (χ1n) is 5.99. The van der Waals surface area contributed by atoms with Crippen molar-refractivity contribution in [1.29, 1.82) is 0 Å². The lowest BCUT2D eigenvalue weighted by molar-refractivity contribution is -0.148. The average molecular weight is 265 g/mol. The number of methoxy groups -OCH3 is 1. The van der Waals surface area contributed by atoms with Crippen LogP contribution in [-0.2, 0) is 27.9 Å². The molecule has 0 bridgehead atoms. The molecule has 0 amide bonds. The highest BCUT2D eigenvalue weighted by Gasteiger charge is 2.31. The number of pyridine rings is 1. The zero-order valence-electron chi connectivity index (χ0n) is 11.1. The lowest BCUT2D eigenvalue weighted by Crippen LogP contribution is -2.34. The Labute approximate surface area is 109 Å². The summed E-state index contributed by atoms with van der Waals surface area (Å²) in [5.74, 6) is -1.46. The van der Waals surface area contributed by atoms with Gasteiger partial charge in [-0.15, -0.1) is 0 Å². The molecular formula is C13H15NO5. The van der Waals surface area contributed by atoms with Gasteiger partial charge < -0.3 is 14.0 Å². The molecule has 0 spiro atoms. The van der Waals surface area contributed by atoms with E-state index >= 15 is 0 Å². The Balaban J connectivity index is 2.69. The van der Waals surface area contributed by atoms with Crippen LogP contribution in [0.4, 0.5) is 0 Å². The van der Waals surface area contributed by atoms with E-state index in [0.29, 0.717) is 17.5 Å². The minimum atomic E-state index is -0.601. The Morgan fingerprint density at radius 2 is 2.21 bits per heavy atom. The third-order valence-electron chi connectivity index (χ3n) is 3.39. The van der Waals surface area contributed by atoms with Gasteiger partial charge in [-0.05, 0) is 18.1 Å². The molecule has 0 aliphatic carbocycles. The second-order valence-corrected chi connectivity index (χ2v) is 4.39. The molecule has 0 aromatic carbocycles. The number of nitrogens with zero attached hydrogens (tertiary/aromatic N) is 1. The van der Waals surface area contributed by atoms with Crippen LogP contribution >= 0.6 is 0 Å². The molecule has 102 valence electrons. The molecule has 1 aliphatic rings. The number of carbonyl (C=O) groups excluding carboxylic acids is 2. The van der Waals surface area contributed by atoms with Crippen LogP contribution in [0.25, 0.3) is 0 Å². The number of fused-ring (bicyclic) bond motifs is 1. The number of ether oxygens (including phenoxy) is 2. The van der Waals surface area contributed by atoms with Crippen molar-refractivity contribution in [3.63, 3.8) is 0 Å². The SMILES string of the molecule is CCC1C(=O)OCc2c1cc(C(=O)OC)n(C)c2=O. The van der Waals surface area contributed by atoms with Gasteiger partial charge in [-0.25, -0.2) is 4.79 Å². The van der Waals surface area contributed by atoms with Gasteiger partial charge in [0.1, 0.15) is 12.3 Å². The Morgan fingerprint density at radius 3 is 2.79 bits per heavy atom. The highest BCUT2D eigenvalue weighted by Crippen LogP contribution is 2.29. The van der Waals surface area contributed by atoms with Crippen LogP contribution < -0.4 is 5.56 Å². The van der Waals surface area contributed by atoms with E-state index in [1.807, 2.05) is 6.92 Å². The fourth-order valence-electron chi connectivity index (χ4n) is 2.28. The Bertz CT molecular complexity index is 602. The van der Waals surface area contributed by atoms with Crippen molar-refractivity contribution in [3.8, 4) is 0 Å². The first kappa shape index (κ1) is 13.3. The number of esters is 2. The van der Waals surface area contributed by atoms with Gasteiger partial charge >= 0.3 is 11.9 Å². The molecular weight excluding hydrogens is 250 g/mol. The van der Waals surface area contributed by atoms with Gasteiger partial charge in [0.25, 0.3) is 5.56 Å².